The first-order valence-electron chi connectivity index (χ1n) is 6.74. The lowest BCUT2D eigenvalue weighted by Crippen LogP contribution is -2.47. The van der Waals surface area contributed by atoms with Crippen molar-refractivity contribution in [2.24, 2.45) is 0 Å². The summed E-state index contributed by atoms with van der Waals surface area (Å²) in [5.74, 6) is 0.197. The molecule has 0 atom stereocenters. The van der Waals surface area contributed by atoms with Crippen molar-refractivity contribution in [3.8, 4) is 0 Å². The van der Waals surface area contributed by atoms with Crippen molar-refractivity contribution in [1.82, 2.24) is 9.80 Å². The maximum atomic E-state index is 11.3. The quantitative estimate of drug-likeness (QED) is 0.813. The first-order chi connectivity index (χ1) is 8.69. The third-order valence-electron chi connectivity index (χ3n) is 3.62. The van der Waals surface area contributed by atoms with Crippen LogP contribution in [0, 0.1) is 0 Å². The SMILES string of the molecule is CCc1cccc(CN2CCN(C(C)=O)CC2)c1. The number of carbonyl (C=O) groups is 1. The van der Waals surface area contributed by atoms with Gasteiger partial charge in [0.15, 0.2) is 0 Å². The molecular weight excluding hydrogens is 224 g/mol. The van der Waals surface area contributed by atoms with E-state index in [2.05, 4.69) is 36.1 Å². The molecule has 1 aliphatic heterocycles. The van der Waals surface area contributed by atoms with Crippen molar-refractivity contribution in [3.63, 3.8) is 0 Å². The van der Waals surface area contributed by atoms with Gasteiger partial charge in [-0.15, -0.1) is 0 Å². The smallest absolute Gasteiger partial charge is 0.219 e. The minimum atomic E-state index is 0.197. The van der Waals surface area contributed by atoms with Crippen LogP contribution in [0.1, 0.15) is 25.0 Å². The van der Waals surface area contributed by atoms with Crippen molar-refractivity contribution in [2.75, 3.05) is 26.2 Å². The van der Waals surface area contributed by atoms with E-state index in [0.717, 1.165) is 39.1 Å². The highest BCUT2D eigenvalue weighted by atomic mass is 16.2. The van der Waals surface area contributed by atoms with Crippen molar-refractivity contribution < 1.29 is 4.79 Å². The van der Waals surface area contributed by atoms with Crippen molar-refractivity contribution in [3.05, 3.63) is 35.4 Å². The Morgan fingerprint density at radius 3 is 2.44 bits per heavy atom. The molecule has 1 fully saturated rings. The number of carbonyl (C=O) groups excluding carboxylic acids is 1. The second-order valence-corrected chi connectivity index (χ2v) is 4.96. The lowest BCUT2D eigenvalue weighted by Gasteiger charge is -2.34. The normalized spacial score (nSPS) is 16.9. The number of rotatable bonds is 3. The molecular formula is C15H22N2O. The molecule has 0 saturated carbocycles. The molecule has 0 bridgehead atoms. The van der Waals surface area contributed by atoms with E-state index in [1.165, 1.54) is 11.1 Å². The summed E-state index contributed by atoms with van der Waals surface area (Å²) in [6.45, 7) is 8.53. The summed E-state index contributed by atoms with van der Waals surface area (Å²) >= 11 is 0. The summed E-state index contributed by atoms with van der Waals surface area (Å²) in [4.78, 5) is 15.6. The van der Waals surface area contributed by atoms with E-state index in [-0.39, 0.29) is 5.91 Å². The van der Waals surface area contributed by atoms with Crippen molar-refractivity contribution >= 4 is 5.91 Å². The van der Waals surface area contributed by atoms with Crippen LogP contribution in [0.25, 0.3) is 0 Å². The first kappa shape index (κ1) is 13.1. The Kier molecular flexibility index (Phi) is 4.37. The van der Waals surface area contributed by atoms with Crippen LogP contribution in [0.2, 0.25) is 0 Å². The van der Waals surface area contributed by atoms with Gasteiger partial charge < -0.3 is 4.90 Å². The third-order valence-corrected chi connectivity index (χ3v) is 3.62. The molecule has 1 heterocycles. The second kappa shape index (κ2) is 6.01. The monoisotopic (exact) mass is 246 g/mol. The second-order valence-electron chi connectivity index (χ2n) is 4.96. The fourth-order valence-corrected chi connectivity index (χ4v) is 2.43. The van der Waals surface area contributed by atoms with E-state index < -0.39 is 0 Å². The number of hydrogen-bond donors (Lipinski definition) is 0. The fourth-order valence-electron chi connectivity index (χ4n) is 2.43. The van der Waals surface area contributed by atoms with E-state index >= 15 is 0 Å². The standard InChI is InChI=1S/C15H22N2O/c1-3-14-5-4-6-15(11-14)12-16-7-9-17(10-8-16)13(2)18/h4-6,11H,3,7-10,12H2,1-2H3. The zero-order valence-electron chi connectivity index (χ0n) is 11.4. The van der Waals surface area contributed by atoms with Crippen LogP contribution in [-0.2, 0) is 17.8 Å². The van der Waals surface area contributed by atoms with Crippen LogP contribution in [0.15, 0.2) is 24.3 Å². The molecule has 0 aromatic heterocycles. The number of amides is 1. The molecule has 2 rings (SSSR count). The zero-order valence-corrected chi connectivity index (χ0v) is 11.4. The fraction of sp³-hybridized carbons (Fsp3) is 0.533. The van der Waals surface area contributed by atoms with Crippen molar-refractivity contribution in [1.29, 1.82) is 0 Å². The molecule has 0 N–H and O–H groups in total. The molecule has 18 heavy (non-hydrogen) atoms. The Morgan fingerprint density at radius 1 is 1.17 bits per heavy atom. The predicted molar refractivity (Wildman–Crippen MR) is 73.4 cm³/mol. The highest BCUT2D eigenvalue weighted by Crippen LogP contribution is 2.11. The summed E-state index contributed by atoms with van der Waals surface area (Å²) in [5, 5.41) is 0. The van der Waals surface area contributed by atoms with Gasteiger partial charge in [-0.2, -0.15) is 0 Å². The Hall–Kier alpha value is -1.35. The van der Waals surface area contributed by atoms with Crippen LogP contribution in [-0.4, -0.2) is 41.9 Å². The van der Waals surface area contributed by atoms with Gasteiger partial charge in [-0.1, -0.05) is 31.2 Å². The van der Waals surface area contributed by atoms with Gasteiger partial charge in [0.2, 0.25) is 5.91 Å². The van der Waals surface area contributed by atoms with Gasteiger partial charge in [0.05, 0.1) is 0 Å². The Balaban J connectivity index is 1.89. The number of nitrogens with zero attached hydrogens (tertiary/aromatic N) is 2. The van der Waals surface area contributed by atoms with E-state index in [1.807, 2.05) is 4.90 Å². The molecule has 3 nitrogen and oxygen atoms in total. The van der Waals surface area contributed by atoms with Gasteiger partial charge in [-0.05, 0) is 17.5 Å². The first-order valence-corrected chi connectivity index (χ1v) is 6.74. The van der Waals surface area contributed by atoms with Gasteiger partial charge in [-0.3, -0.25) is 9.69 Å². The Morgan fingerprint density at radius 2 is 1.83 bits per heavy atom. The van der Waals surface area contributed by atoms with Crippen LogP contribution in [0.4, 0.5) is 0 Å². The molecule has 1 amide bonds. The topological polar surface area (TPSA) is 23.6 Å². The number of hydrogen-bond acceptors (Lipinski definition) is 2. The molecule has 3 heteroatoms. The highest BCUT2D eigenvalue weighted by Gasteiger charge is 2.18. The van der Waals surface area contributed by atoms with Crippen LogP contribution in [0.5, 0.6) is 0 Å². The molecule has 0 spiro atoms. The minimum absolute atomic E-state index is 0.197. The van der Waals surface area contributed by atoms with E-state index in [1.54, 1.807) is 6.92 Å². The Bertz CT molecular complexity index is 409. The molecule has 98 valence electrons. The van der Waals surface area contributed by atoms with E-state index in [4.69, 9.17) is 0 Å². The molecule has 1 aliphatic rings. The van der Waals surface area contributed by atoms with Crippen molar-refractivity contribution in [2.45, 2.75) is 26.8 Å². The molecule has 0 unspecified atom stereocenters. The largest absolute Gasteiger partial charge is 0.340 e. The summed E-state index contributed by atoms with van der Waals surface area (Å²) in [6.07, 6.45) is 1.09. The van der Waals surface area contributed by atoms with Crippen LogP contribution < -0.4 is 0 Å². The Labute approximate surface area is 109 Å². The van der Waals surface area contributed by atoms with Gasteiger partial charge in [0.1, 0.15) is 0 Å². The van der Waals surface area contributed by atoms with Gasteiger partial charge >= 0.3 is 0 Å². The van der Waals surface area contributed by atoms with Crippen LogP contribution in [0.3, 0.4) is 0 Å². The lowest BCUT2D eigenvalue weighted by atomic mass is 10.1. The summed E-state index contributed by atoms with van der Waals surface area (Å²) in [7, 11) is 0. The summed E-state index contributed by atoms with van der Waals surface area (Å²) in [5.41, 5.74) is 2.78. The van der Waals surface area contributed by atoms with Crippen LogP contribution >= 0.6 is 0 Å². The zero-order chi connectivity index (χ0) is 13.0. The molecule has 1 saturated heterocycles. The lowest BCUT2D eigenvalue weighted by molar-refractivity contribution is -0.130. The molecule has 0 radical (unpaired) electrons. The van der Waals surface area contributed by atoms with E-state index in [0.29, 0.717) is 0 Å². The van der Waals surface area contributed by atoms with Gasteiger partial charge in [0.25, 0.3) is 0 Å². The average Bonchev–Trinajstić information content (AvgIpc) is 2.39. The molecule has 1 aromatic carbocycles. The average molecular weight is 246 g/mol. The summed E-state index contributed by atoms with van der Waals surface area (Å²) < 4.78 is 0. The minimum Gasteiger partial charge on any atom is -0.340 e. The summed E-state index contributed by atoms with van der Waals surface area (Å²) in [6, 6.07) is 8.80. The molecule has 1 aromatic rings. The number of benzene rings is 1. The number of piperazine rings is 1. The maximum absolute atomic E-state index is 11.3. The highest BCUT2D eigenvalue weighted by molar-refractivity contribution is 5.73. The van der Waals surface area contributed by atoms with E-state index in [9.17, 15) is 4.79 Å². The maximum Gasteiger partial charge on any atom is 0.219 e. The predicted octanol–water partition coefficient (Wildman–Crippen LogP) is 1.91. The van der Waals surface area contributed by atoms with Gasteiger partial charge in [-0.25, -0.2) is 0 Å². The number of aryl methyl sites for hydroxylation is 1. The molecule has 0 aliphatic carbocycles. The third kappa shape index (κ3) is 3.33. The van der Waals surface area contributed by atoms with Gasteiger partial charge in [0, 0.05) is 39.6 Å².